The second-order valence-electron chi connectivity index (χ2n) is 6.39. The summed E-state index contributed by atoms with van der Waals surface area (Å²) in [5, 5.41) is 3.75. The zero-order valence-corrected chi connectivity index (χ0v) is 16.4. The van der Waals surface area contributed by atoms with Crippen LogP contribution in [-0.2, 0) is 32.3 Å². The van der Waals surface area contributed by atoms with Crippen molar-refractivity contribution in [1.82, 2.24) is 5.16 Å². The lowest BCUT2D eigenvalue weighted by molar-refractivity contribution is -0.141. The van der Waals surface area contributed by atoms with Gasteiger partial charge < -0.3 is 13.8 Å². The lowest BCUT2D eigenvalue weighted by Gasteiger charge is -2.25. The number of nitrogens with zero attached hydrogens (tertiary/aromatic N) is 2. The van der Waals surface area contributed by atoms with E-state index < -0.39 is 29.2 Å². The summed E-state index contributed by atoms with van der Waals surface area (Å²) in [6.07, 6.45) is 0. The molecule has 0 saturated carbocycles. The van der Waals surface area contributed by atoms with Crippen LogP contribution >= 0.6 is 0 Å². The highest BCUT2D eigenvalue weighted by Gasteiger charge is 2.48. The molecule has 146 valence electrons. The fraction of sp³-hybridized carbons (Fsp3) is 0.263. The Balaban J connectivity index is 1.72. The summed E-state index contributed by atoms with van der Waals surface area (Å²) in [7, 11) is 0. The number of rotatable bonds is 6. The van der Waals surface area contributed by atoms with Gasteiger partial charge in [-0.25, -0.2) is 4.79 Å². The molecule has 0 bridgehead atoms. The van der Waals surface area contributed by atoms with Crippen molar-refractivity contribution in [1.29, 1.82) is 0 Å². The third-order valence-corrected chi connectivity index (χ3v) is 5.09. The second-order valence-corrected chi connectivity index (χ2v) is 7.55. The van der Waals surface area contributed by atoms with E-state index in [1.807, 2.05) is 30.3 Å². The molecule has 1 aromatic heterocycles. The maximum Gasteiger partial charge on any atom is 0.335 e. The van der Waals surface area contributed by atoms with Crippen LogP contribution in [0.2, 0.25) is 0 Å². The van der Waals surface area contributed by atoms with Gasteiger partial charge in [-0.2, -0.15) is 9.71 Å². The number of benzene rings is 1. The van der Waals surface area contributed by atoms with E-state index in [1.54, 1.807) is 26.8 Å². The van der Waals surface area contributed by atoms with Gasteiger partial charge in [0.15, 0.2) is 5.92 Å². The van der Waals surface area contributed by atoms with Crippen LogP contribution < -0.4 is 4.72 Å². The lowest BCUT2D eigenvalue weighted by atomic mass is 9.92. The first-order chi connectivity index (χ1) is 13.4. The zero-order chi connectivity index (χ0) is 20.3. The monoisotopic (exact) mass is 401 g/mol. The minimum absolute atomic E-state index is 0.0542. The Morgan fingerprint density at radius 2 is 2.04 bits per heavy atom. The van der Waals surface area contributed by atoms with Crippen LogP contribution in [0.15, 0.2) is 57.1 Å². The van der Waals surface area contributed by atoms with Crippen molar-refractivity contribution >= 4 is 34.1 Å². The van der Waals surface area contributed by atoms with Crippen molar-refractivity contribution in [3.63, 3.8) is 0 Å². The van der Waals surface area contributed by atoms with E-state index in [1.165, 1.54) is 0 Å². The average molecular weight is 401 g/mol. The number of aromatic nitrogens is 1. The van der Waals surface area contributed by atoms with Crippen molar-refractivity contribution in [2.45, 2.75) is 27.4 Å². The van der Waals surface area contributed by atoms with Gasteiger partial charge in [0.05, 0.1) is 5.57 Å². The number of carbonyl (C=O) groups excluding carboxylic acids is 2. The van der Waals surface area contributed by atoms with Gasteiger partial charge in [0.2, 0.25) is 5.82 Å². The number of amides is 1. The number of esters is 1. The summed E-state index contributed by atoms with van der Waals surface area (Å²) in [4.78, 5) is 28.5. The van der Waals surface area contributed by atoms with E-state index in [9.17, 15) is 14.1 Å². The number of ether oxygens (including phenoxy) is 1. The van der Waals surface area contributed by atoms with Crippen molar-refractivity contribution in [2.24, 2.45) is 10.9 Å². The van der Waals surface area contributed by atoms with E-state index in [4.69, 9.17) is 9.26 Å². The largest absolute Gasteiger partial charge is 0.587 e. The van der Waals surface area contributed by atoms with E-state index >= 15 is 0 Å². The molecule has 2 atom stereocenters. The fourth-order valence-electron chi connectivity index (χ4n) is 2.65. The van der Waals surface area contributed by atoms with Gasteiger partial charge in [0.25, 0.3) is 11.0 Å². The fourth-order valence-corrected chi connectivity index (χ4v) is 3.64. The summed E-state index contributed by atoms with van der Waals surface area (Å²) in [6.45, 7) is 5.15. The third kappa shape index (κ3) is 4.32. The summed E-state index contributed by atoms with van der Waals surface area (Å²) in [5.41, 5.74) is 1.57. The summed E-state index contributed by atoms with van der Waals surface area (Å²) in [5.74, 6) is -1.38. The highest BCUT2D eigenvalue weighted by atomic mass is 32.2. The molecule has 1 aromatic carbocycles. The Hall–Kier alpha value is -2.91. The Labute approximate surface area is 165 Å². The molecule has 1 amide bonds. The van der Waals surface area contributed by atoms with Crippen LogP contribution in [0.5, 0.6) is 0 Å². The number of aliphatic imine (C=N–C) groups is 1. The van der Waals surface area contributed by atoms with Gasteiger partial charge in [-0.15, -0.1) is 0 Å². The molecule has 9 heteroatoms. The minimum Gasteiger partial charge on any atom is -0.587 e. The van der Waals surface area contributed by atoms with E-state index in [-0.39, 0.29) is 23.0 Å². The Morgan fingerprint density at radius 1 is 1.32 bits per heavy atom. The SMILES string of the molecule is CC(C)=C(C(=O)OCc1ccccc1)C1C(=O)N=C1[S+]([O-])Nc1cc(C)on1. The summed E-state index contributed by atoms with van der Waals surface area (Å²) in [6, 6.07) is 10.8. The van der Waals surface area contributed by atoms with Crippen LogP contribution in [0, 0.1) is 12.8 Å². The maximum atomic E-state index is 12.6. The molecular formula is C19H19N3O5S. The maximum absolute atomic E-state index is 12.6. The predicted octanol–water partition coefficient (Wildman–Crippen LogP) is 2.69. The molecule has 2 unspecified atom stereocenters. The molecule has 0 radical (unpaired) electrons. The molecule has 1 aliphatic rings. The Kier molecular flexibility index (Phi) is 5.96. The van der Waals surface area contributed by atoms with Gasteiger partial charge in [-0.3, -0.25) is 4.79 Å². The number of anilines is 1. The molecule has 0 fully saturated rings. The van der Waals surface area contributed by atoms with Crippen LogP contribution in [0.25, 0.3) is 0 Å². The highest BCUT2D eigenvalue weighted by Crippen LogP contribution is 2.30. The van der Waals surface area contributed by atoms with Gasteiger partial charge in [-0.05, 0) is 26.3 Å². The number of nitrogens with one attached hydrogen (secondary N) is 1. The van der Waals surface area contributed by atoms with Gasteiger partial charge in [0, 0.05) is 6.07 Å². The molecule has 28 heavy (non-hydrogen) atoms. The second kappa shape index (κ2) is 8.41. The van der Waals surface area contributed by atoms with E-state index in [0.717, 1.165) is 5.56 Å². The van der Waals surface area contributed by atoms with Crippen molar-refractivity contribution in [3.8, 4) is 0 Å². The summed E-state index contributed by atoms with van der Waals surface area (Å²) < 4.78 is 25.4. The Bertz CT molecular complexity index is 947. The van der Waals surface area contributed by atoms with Crippen LogP contribution in [0.3, 0.4) is 0 Å². The highest BCUT2D eigenvalue weighted by molar-refractivity contribution is 8.07. The van der Waals surface area contributed by atoms with Gasteiger partial charge in [-0.1, -0.05) is 41.1 Å². The normalized spacial score (nSPS) is 16.6. The van der Waals surface area contributed by atoms with Crippen molar-refractivity contribution < 1.29 is 23.4 Å². The van der Waals surface area contributed by atoms with Crippen LogP contribution in [0.1, 0.15) is 25.2 Å². The molecule has 1 N–H and O–H groups in total. The Morgan fingerprint density at radius 3 is 2.61 bits per heavy atom. The number of hydrogen-bond donors (Lipinski definition) is 1. The molecule has 8 nitrogen and oxygen atoms in total. The average Bonchev–Trinajstić information content (AvgIpc) is 3.07. The van der Waals surface area contributed by atoms with E-state index in [0.29, 0.717) is 11.3 Å². The standard InChI is InChI=1S/C19H19N3O5S/c1-11(2)15(19(24)26-10-13-7-5-4-6-8-13)16-17(23)20-18(16)28(25)22-14-9-12(3)27-21-14/h4-9,16H,10H2,1-3H3,(H,21,22). The number of allylic oxidation sites excluding steroid dienone is 1. The van der Waals surface area contributed by atoms with Crippen molar-refractivity contribution in [3.05, 3.63) is 58.9 Å². The van der Waals surface area contributed by atoms with Crippen LogP contribution in [-0.4, -0.2) is 26.6 Å². The van der Waals surface area contributed by atoms with Gasteiger partial charge in [0.1, 0.15) is 23.7 Å². The number of aryl methyl sites for hydroxylation is 1. The topological polar surface area (TPSA) is 117 Å². The van der Waals surface area contributed by atoms with Crippen molar-refractivity contribution in [2.75, 3.05) is 4.72 Å². The molecule has 3 rings (SSSR count). The zero-order valence-electron chi connectivity index (χ0n) is 15.6. The lowest BCUT2D eigenvalue weighted by Crippen LogP contribution is -2.44. The quantitative estimate of drug-likeness (QED) is 0.449. The first kappa shape index (κ1) is 19.8. The number of hydrogen-bond acceptors (Lipinski definition) is 7. The first-order valence-electron chi connectivity index (χ1n) is 8.49. The molecule has 0 saturated heterocycles. The predicted molar refractivity (Wildman–Crippen MR) is 104 cm³/mol. The molecule has 0 spiro atoms. The smallest absolute Gasteiger partial charge is 0.335 e. The molecule has 1 aliphatic heterocycles. The first-order valence-corrected chi connectivity index (χ1v) is 9.64. The molecular weight excluding hydrogens is 382 g/mol. The van der Waals surface area contributed by atoms with Crippen LogP contribution in [0.4, 0.5) is 5.82 Å². The molecule has 2 aromatic rings. The summed E-state index contributed by atoms with van der Waals surface area (Å²) >= 11 is -1.85. The van der Waals surface area contributed by atoms with Gasteiger partial charge >= 0.3 is 5.97 Å². The van der Waals surface area contributed by atoms with E-state index in [2.05, 4.69) is 14.9 Å². The number of carbonyl (C=O) groups is 2. The third-order valence-electron chi connectivity index (χ3n) is 3.99. The minimum atomic E-state index is -1.85. The molecule has 0 aliphatic carbocycles. The molecule has 2 heterocycles.